The van der Waals surface area contributed by atoms with Gasteiger partial charge in [-0.05, 0) is 36.8 Å². The smallest absolute Gasteiger partial charge is 0.237 e. The number of para-hydroxylation sites is 2. The van der Waals surface area contributed by atoms with Gasteiger partial charge in [0.15, 0.2) is 0 Å². The van der Waals surface area contributed by atoms with E-state index in [1.165, 1.54) is 0 Å². The summed E-state index contributed by atoms with van der Waals surface area (Å²) in [6.45, 7) is 4.82. The van der Waals surface area contributed by atoms with Gasteiger partial charge in [-0.1, -0.05) is 24.3 Å². The molecule has 8 heteroatoms. The lowest BCUT2D eigenvalue weighted by atomic mass is 10.1. The zero-order chi connectivity index (χ0) is 22.5. The number of hydrogen-bond acceptors (Lipinski definition) is 5. The van der Waals surface area contributed by atoms with Gasteiger partial charge in [0.25, 0.3) is 0 Å². The molecular formula is C24H29N5O3. The average molecular weight is 436 g/mol. The van der Waals surface area contributed by atoms with Crippen molar-refractivity contribution in [1.29, 1.82) is 0 Å². The number of imidazole rings is 1. The molecule has 4 rings (SSSR count). The van der Waals surface area contributed by atoms with Gasteiger partial charge >= 0.3 is 0 Å². The van der Waals surface area contributed by atoms with Crippen LogP contribution in [0.2, 0.25) is 0 Å². The van der Waals surface area contributed by atoms with Gasteiger partial charge in [0.2, 0.25) is 11.8 Å². The normalized spacial score (nSPS) is 16.7. The summed E-state index contributed by atoms with van der Waals surface area (Å²) >= 11 is 0. The molecule has 1 aliphatic rings. The second-order valence-electron chi connectivity index (χ2n) is 8.01. The molecule has 8 nitrogen and oxygen atoms in total. The summed E-state index contributed by atoms with van der Waals surface area (Å²) in [7, 11) is 1.74. The van der Waals surface area contributed by atoms with Crippen LogP contribution in [0.1, 0.15) is 24.7 Å². The number of carbonyl (C=O) groups excluding carboxylic acids is 2. The van der Waals surface area contributed by atoms with Crippen LogP contribution in [0.5, 0.6) is 5.75 Å². The van der Waals surface area contributed by atoms with Crippen molar-refractivity contribution in [1.82, 2.24) is 25.1 Å². The first-order valence-electron chi connectivity index (χ1n) is 10.9. The highest BCUT2D eigenvalue weighted by Crippen LogP contribution is 2.18. The molecule has 168 valence electrons. The van der Waals surface area contributed by atoms with Crippen molar-refractivity contribution >= 4 is 22.8 Å². The number of rotatable bonds is 8. The Labute approximate surface area is 187 Å². The molecule has 0 aliphatic carbocycles. The van der Waals surface area contributed by atoms with Crippen LogP contribution in [0.4, 0.5) is 0 Å². The number of carbonyl (C=O) groups is 2. The molecule has 0 bridgehead atoms. The van der Waals surface area contributed by atoms with Crippen LogP contribution in [0.3, 0.4) is 0 Å². The monoisotopic (exact) mass is 435 g/mol. The maximum atomic E-state index is 13.0. The minimum atomic E-state index is -0.499. The predicted molar refractivity (Wildman–Crippen MR) is 122 cm³/mol. The molecular weight excluding hydrogens is 406 g/mol. The van der Waals surface area contributed by atoms with Crippen molar-refractivity contribution in [3.05, 3.63) is 59.9 Å². The van der Waals surface area contributed by atoms with Crippen LogP contribution < -0.4 is 10.1 Å². The van der Waals surface area contributed by atoms with Crippen LogP contribution in [-0.4, -0.2) is 64.4 Å². The van der Waals surface area contributed by atoms with E-state index < -0.39 is 6.04 Å². The molecule has 3 aromatic rings. The number of amides is 2. The average Bonchev–Trinajstić information content (AvgIpc) is 3.20. The van der Waals surface area contributed by atoms with E-state index in [2.05, 4.69) is 20.2 Å². The molecule has 2 amide bonds. The number of benzene rings is 2. The van der Waals surface area contributed by atoms with E-state index >= 15 is 0 Å². The fourth-order valence-electron chi connectivity index (χ4n) is 3.98. The van der Waals surface area contributed by atoms with Gasteiger partial charge in [-0.3, -0.25) is 14.5 Å². The Hall–Kier alpha value is -3.39. The number of nitrogens with zero attached hydrogens (tertiary/aromatic N) is 3. The zero-order valence-corrected chi connectivity index (χ0v) is 18.5. The number of piperazine rings is 1. The molecule has 0 saturated carbocycles. The van der Waals surface area contributed by atoms with Crippen LogP contribution in [0, 0.1) is 0 Å². The third-order valence-electron chi connectivity index (χ3n) is 5.68. The van der Waals surface area contributed by atoms with Gasteiger partial charge in [-0.2, -0.15) is 0 Å². The summed E-state index contributed by atoms with van der Waals surface area (Å²) in [6, 6.07) is 15.1. The third-order valence-corrected chi connectivity index (χ3v) is 5.68. The molecule has 0 radical (unpaired) electrons. The Morgan fingerprint density at radius 1 is 1.22 bits per heavy atom. The minimum absolute atomic E-state index is 0.0933. The predicted octanol–water partition coefficient (Wildman–Crippen LogP) is 2.31. The number of ether oxygens (including phenoxy) is 1. The van der Waals surface area contributed by atoms with Crippen LogP contribution in [0.25, 0.3) is 11.0 Å². The summed E-state index contributed by atoms with van der Waals surface area (Å²) in [5.41, 5.74) is 2.89. The summed E-state index contributed by atoms with van der Waals surface area (Å²) in [6.07, 6.45) is 0.125. The van der Waals surface area contributed by atoms with Crippen LogP contribution in [-0.2, 0) is 22.7 Å². The highest BCUT2D eigenvalue weighted by atomic mass is 16.5. The van der Waals surface area contributed by atoms with E-state index in [9.17, 15) is 9.59 Å². The van der Waals surface area contributed by atoms with Crippen LogP contribution in [0.15, 0.2) is 48.5 Å². The molecule has 1 unspecified atom stereocenters. The summed E-state index contributed by atoms with van der Waals surface area (Å²) in [5.74, 6) is 1.35. The van der Waals surface area contributed by atoms with E-state index in [1.54, 1.807) is 11.9 Å². The Balaban J connectivity index is 1.40. The lowest BCUT2D eigenvalue weighted by Crippen LogP contribution is -2.56. The third kappa shape index (κ3) is 5.08. The number of nitrogens with one attached hydrogen (secondary N) is 2. The van der Waals surface area contributed by atoms with Gasteiger partial charge in [-0.25, -0.2) is 4.98 Å². The largest absolute Gasteiger partial charge is 0.494 e. The first kappa shape index (κ1) is 21.8. The standard InChI is InChI=1S/C24H29N5O3/c1-3-32-18-10-8-17(9-11-18)15-29-13-12-25-24(31)21(29)14-23(30)28(2)16-22-26-19-6-4-5-7-20(19)27-22/h4-11,21H,3,12-16H2,1-2H3,(H,25,31)(H,26,27). The first-order valence-corrected chi connectivity index (χ1v) is 10.9. The summed E-state index contributed by atoms with van der Waals surface area (Å²) in [5, 5.41) is 2.90. The number of fused-ring (bicyclic) bond motifs is 1. The lowest BCUT2D eigenvalue weighted by molar-refractivity contribution is -0.138. The molecule has 2 aromatic carbocycles. The van der Waals surface area contributed by atoms with Gasteiger partial charge < -0.3 is 19.9 Å². The SMILES string of the molecule is CCOc1ccc(CN2CCNC(=O)C2CC(=O)N(C)Cc2nc3ccccc3[nH]2)cc1. The second kappa shape index (κ2) is 9.82. The molecule has 1 atom stereocenters. The fraction of sp³-hybridized carbons (Fsp3) is 0.375. The Morgan fingerprint density at radius 2 is 2.00 bits per heavy atom. The van der Waals surface area contributed by atoms with Gasteiger partial charge in [0.05, 0.1) is 36.6 Å². The fourth-order valence-corrected chi connectivity index (χ4v) is 3.98. The van der Waals surface area contributed by atoms with Crippen molar-refractivity contribution in [3.63, 3.8) is 0 Å². The quantitative estimate of drug-likeness (QED) is 0.567. The topological polar surface area (TPSA) is 90.6 Å². The molecule has 0 spiro atoms. The number of hydrogen-bond donors (Lipinski definition) is 2. The molecule has 1 aromatic heterocycles. The van der Waals surface area contributed by atoms with E-state index in [0.29, 0.717) is 32.8 Å². The van der Waals surface area contributed by atoms with Crippen molar-refractivity contribution in [3.8, 4) is 5.75 Å². The Kier molecular flexibility index (Phi) is 6.70. The van der Waals surface area contributed by atoms with Crippen LogP contribution >= 0.6 is 0 Å². The molecule has 1 fully saturated rings. The molecule has 1 saturated heterocycles. The molecule has 2 N–H and O–H groups in total. The maximum Gasteiger partial charge on any atom is 0.237 e. The minimum Gasteiger partial charge on any atom is -0.494 e. The van der Waals surface area contributed by atoms with E-state index in [0.717, 1.165) is 28.2 Å². The second-order valence-corrected chi connectivity index (χ2v) is 8.01. The van der Waals surface area contributed by atoms with E-state index in [4.69, 9.17) is 4.74 Å². The number of H-pyrrole nitrogens is 1. The van der Waals surface area contributed by atoms with Gasteiger partial charge in [0, 0.05) is 26.7 Å². The number of aromatic nitrogens is 2. The van der Waals surface area contributed by atoms with Gasteiger partial charge in [0.1, 0.15) is 11.6 Å². The Morgan fingerprint density at radius 3 is 2.75 bits per heavy atom. The van der Waals surface area contributed by atoms with E-state index in [1.807, 2.05) is 55.5 Å². The van der Waals surface area contributed by atoms with Crippen molar-refractivity contribution in [2.24, 2.45) is 0 Å². The van der Waals surface area contributed by atoms with Gasteiger partial charge in [-0.15, -0.1) is 0 Å². The molecule has 32 heavy (non-hydrogen) atoms. The molecule has 1 aliphatic heterocycles. The van der Waals surface area contributed by atoms with Crippen molar-refractivity contribution in [2.75, 3.05) is 26.7 Å². The first-order chi connectivity index (χ1) is 15.5. The highest BCUT2D eigenvalue weighted by molar-refractivity contribution is 5.88. The summed E-state index contributed by atoms with van der Waals surface area (Å²) in [4.78, 5) is 37.0. The zero-order valence-electron chi connectivity index (χ0n) is 18.5. The lowest BCUT2D eigenvalue weighted by Gasteiger charge is -2.35. The van der Waals surface area contributed by atoms with Crippen molar-refractivity contribution in [2.45, 2.75) is 32.5 Å². The highest BCUT2D eigenvalue weighted by Gasteiger charge is 2.32. The summed E-state index contributed by atoms with van der Waals surface area (Å²) < 4.78 is 5.50. The van der Waals surface area contributed by atoms with E-state index in [-0.39, 0.29) is 18.2 Å². The maximum absolute atomic E-state index is 13.0. The number of aromatic amines is 1. The molecule has 2 heterocycles. The van der Waals surface area contributed by atoms with Crippen molar-refractivity contribution < 1.29 is 14.3 Å². The Bertz CT molecular complexity index is 1050.